The second-order valence-electron chi connectivity index (χ2n) is 6.09. The van der Waals surface area contributed by atoms with Crippen LogP contribution in [0, 0.1) is 13.8 Å². The van der Waals surface area contributed by atoms with Gasteiger partial charge in [0, 0.05) is 12.6 Å². The SMILES string of the molecule is COc1cc(OC)c(OC)cc1CCNC(=O)Nc1c(C)cc(C)cc1Cl. The molecule has 0 radical (unpaired) electrons. The van der Waals surface area contributed by atoms with E-state index in [2.05, 4.69) is 10.6 Å². The highest BCUT2D eigenvalue weighted by Crippen LogP contribution is 2.34. The third-order valence-corrected chi connectivity index (χ3v) is 4.43. The minimum atomic E-state index is -0.316. The highest BCUT2D eigenvalue weighted by molar-refractivity contribution is 6.34. The molecule has 6 nitrogen and oxygen atoms in total. The van der Waals surface area contributed by atoms with Crippen LogP contribution in [-0.4, -0.2) is 33.9 Å². The Kier molecular flexibility index (Phi) is 7.19. The summed E-state index contributed by atoms with van der Waals surface area (Å²) in [6.07, 6.45) is 0.567. The van der Waals surface area contributed by atoms with Crippen molar-refractivity contribution >= 4 is 23.3 Å². The van der Waals surface area contributed by atoms with E-state index in [1.165, 1.54) is 0 Å². The van der Waals surface area contributed by atoms with Crippen LogP contribution in [0.5, 0.6) is 17.2 Å². The maximum Gasteiger partial charge on any atom is 0.319 e. The van der Waals surface area contributed by atoms with Crippen LogP contribution in [0.2, 0.25) is 5.02 Å². The smallest absolute Gasteiger partial charge is 0.319 e. The van der Waals surface area contributed by atoms with Gasteiger partial charge < -0.3 is 24.8 Å². The normalized spacial score (nSPS) is 10.3. The van der Waals surface area contributed by atoms with Crippen molar-refractivity contribution in [1.82, 2.24) is 5.32 Å². The number of rotatable bonds is 7. The van der Waals surface area contributed by atoms with E-state index in [-0.39, 0.29) is 6.03 Å². The Bertz CT molecular complexity index is 801. The predicted octanol–water partition coefficient (Wildman–Crippen LogP) is 4.35. The average molecular weight is 393 g/mol. The number of halogens is 1. The zero-order chi connectivity index (χ0) is 20.0. The van der Waals surface area contributed by atoms with Crippen LogP contribution in [0.3, 0.4) is 0 Å². The van der Waals surface area contributed by atoms with Crippen LogP contribution in [-0.2, 0) is 6.42 Å². The minimum Gasteiger partial charge on any atom is -0.496 e. The Morgan fingerprint density at radius 3 is 2.19 bits per heavy atom. The number of aryl methyl sites for hydroxylation is 2. The van der Waals surface area contributed by atoms with Crippen molar-refractivity contribution in [2.24, 2.45) is 0 Å². The molecule has 0 aliphatic heterocycles. The highest BCUT2D eigenvalue weighted by Gasteiger charge is 2.13. The standard InChI is InChI=1S/C20H25ClN2O4/c1-12-8-13(2)19(15(21)9-12)23-20(24)22-7-6-14-10-17(26-4)18(27-5)11-16(14)25-3/h8-11H,6-7H2,1-5H3,(H2,22,23,24). The molecule has 0 aliphatic rings. The molecule has 0 fully saturated rings. The molecule has 0 unspecified atom stereocenters. The molecule has 146 valence electrons. The van der Waals surface area contributed by atoms with Gasteiger partial charge in [0.15, 0.2) is 11.5 Å². The van der Waals surface area contributed by atoms with E-state index >= 15 is 0 Å². The van der Waals surface area contributed by atoms with Gasteiger partial charge in [0.2, 0.25) is 0 Å². The first kappa shape index (κ1) is 20.7. The second kappa shape index (κ2) is 9.37. The Hall–Kier alpha value is -2.60. The predicted molar refractivity (Wildman–Crippen MR) is 108 cm³/mol. The molecule has 2 aromatic carbocycles. The Morgan fingerprint density at radius 1 is 0.963 bits per heavy atom. The lowest BCUT2D eigenvalue weighted by Gasteiger charge is -2.15. The lowest BCUT2D eigenvalue weighted by Crippen LogP contribution is -2.30. The largest absolute Gasteiger partial charge is 0.496 e. The van der Waals surface area contributed by atoms with E-state index in [0.29, 0.717) is 40.9 Å². The van der Waals surface area contributed by atoms with Crippen molar-refractivity contribution < 1.29 is 19.0 Å². The van der Waals surface area contributed by atoms with Gasteiger partial charge in [0.05, 0.1) is 32.0 Å². The molecule has 2 aromatic rings. The Labute approximate surface area is 164 Å². The van der Waals surface area contributed by atoms with Gasteiger partial charge in [-0.05, 0) is 49.1 Å². The van der Waals surface area contributed by atoms with Crippen molar-refractivity contribution in [3.05, 3.63) is 46.0 Å². The molecule has 2 rings (SSSR count). The first-order chi connectivity index (χ1) is 12.9. The van der Waals surface area contributed by atoms with Gasteiger partial charge in [-0.3, -0.25) is 0 Å². The first-order valence-electron chi connectivity index (χ1n) is 8.50. The third-order valence-electron chi connectivity index (χ3n) is 4.14. The molecule has 0 spiro atoms. The fraction of sp³-hybridized carbons (Fsp3) is 0.350. The molecule has 0 bridgehead atoms. The lowest BCUT2D eigenvalue weighted by atomic mass is 10.1. The fourth-order valence-corrected chi connectivity index (χ4v) is 3.20. The van der Waals surface area contributed by atoms with Crippen LogP contribution in [0.25, 0.3) is 0 Å². The van der Waals surface area contributed by atoms with Crippen molar-refractivity contribution in [2.75, 3.05) is 33.2 Å². The second-order valence-corrected chi connectivity index (χ2v) is 6.50. The van der Waals surface area contributed by atoms with E-state index in [9.17, 15) is 4.79 Å². The zero-order valence-corrected chi connectivity index (χ0v) is 17.0. The van der Waals surface area contributed by atoms with Crippen LogP contribution in [0.4, 0.5) is 10.5 Å². The number of ether oxygens (including phenoxy) is 3. The Morgan fingerprint density at radius 2 is 1.59 bits per heavy atom. The monoisotopic (exact) mass is 392 g/mol. The quantitative estimate of drug-likeness (QED) is 0.735. The summed E-state index contributed by atoms with van der Waals surface area (Å²) in [5.74, 6) is 1.88. The molecule has 0 atom stereocenters. The number of methoxy groups -OCH3 is 3. The molecule has 2 amide bonds. The summed E-state index contributed by atoms with van der Waals surface area (Å²) in [5, 5.41) is 6.15. The summed E-state index contributed by atoms with van der Waals surface area (Å²) in [6, 6.07) is 7.08. The van der Waals surface area contributed by atoms with E-state index in [0.717, 1.165) is 16.7 Å². The van der Waals surface area contributed by atoms with Crippen LogP contribution >= 0.6 is 11.6 Å². The maximum absolute atomic E-state index is 12.2. The van der Waals surface area contributed by atoms with Gasteiger partial charge in [-0.25, -0.2) is 4.79 Å². The number of nitrogens with one attached hydrogen (secondary N) is 2. The highest BCUT2D eigenvalue weighted by atomic mass is 35.5. The van der Waals surface area contributed by atoms with Crippen molar-refractivity contribution in [3.63, 3.8) is 0 Å². The topological polar surface area (TPSA) is 68.8 Å². The van der Waals surface area contributed by atoms with Gasteiger partial charge in [-0.2, -0.15) is 0 Å². The molecule has 0 saturated heterocycles. The Balaban J connectivity index is 2.01. The number of carbonyl (C=O) groups excluding carboxylic acids is 1. The van der Waals surface area contributed by atoms with Crippen molar-refractivity contribution in [3.8, 4) is 17.2 Å². The molecule has 0 saturated carbocycles. The van der Waals surface area contributed by atoms with E-state index in [1.807, 2.05) is 32.0 Å². The molecular weight excluding hydrogens is 368 g/mol. The summed E-state index contributed by atoms with van der Waals surface area (Å²) >= 11 is 6.23. The lowest BCUT2D eigenvalue weighted by molar-refractivity contribution is 0.252. The van der Waals surface area contributed by atoms with E-state index in [4.69, 9.17) is 25.8 Å². The molecule has 27 heavy (non-hydrogen) atoms. The average Bonchev–Trinajstić information content (AvgIpc) is 2.64. The van der Waals surface area contributed by atoms with Gasteiger partial charge >= 0.3 is 6.03 Å². The van der Waals surface area contributed by atoms with Crippen LogP contribution in [0.1, 0.15) is 16.7 Å². The van der Waals surface area contributed by atoms with Crippen molar-refractivity contribution in [1.29, 1.82) is 0 Å². The summed E-state index contributed by atoms with van der Waals surface area (Å²) < 4.78 is 16.0. The molecule has 0 aromatic heterocycles. The summed E-state index contributed by atoms with van der Waals surface area (Å²) in [4.78, 5) is 12.2. The van der Waals surface area contributed by atoms with Crippen molar-refractivity contribution in [2.45, 2.75) is 20.3 Å². The van der Waals surface area contributed by atoms with Gasteiger partial charge in [-0.1, -0.05) is 17.7 Å². The van der Waals surface area contributed by atoms with Gasteiger partial charge in [0.25, 0.3) is 0 Å². The molecule has 0 aliphatic carbocycles. The summed E-state index contributed by atoms with van der Waals surface area (Å²) in [7, 11) is 4.74. The van der Waals surface area contributed by atoms with Gasteiger partial charge in [0.1, 0.15) is 5.75 Å². The first-order valence-corrected chi connectivity index (χ1v) is 8.87. The van der Waals surface area contributed by atoms with E-state index in [1.54, 1.807) is 27.4 Å². The number of hydrogen-bond acceptors (Lipinski definition) is 4. The number of urea groups is 1. The summed E-state index contributed by atoms with van der Waals surface area (Å²) in [5.41, 5.74) is 3.48. The number of benzene rings is 2. The maximum atomic E-state index is 12.2. The van der Waals surface area contributed by atoms with Gasteiger partial charge in [-0.15, -0.1) is 0 Å². The third kappa shape index (κ3) is 5.20. The zero-order valence-electron chi connectivity index (χ0n) is 16.2. The number of carbonyl (C=O) groups is 1. The molecule has 2 N–H and O–H groups in total. The molecule has 0 heterocycles. The van der Waals surface area contributed by atoms with Crippen LogP contribution in [0.15, 0.2) is 24.3 Å². The number of anilines is 1. The van der Waals surface area contributed by atoms with Crippen LogP contribution < -0.4 is 24.8 Å². The fourth-order valence-electron chi connectivity index (χ4n) is 2.83. The molecule has 7 heteroatoms. The number of hydrogen-bond donors (Lipinski definition) is 2. The summed E-state index contributed by atoms with van der Waals surface area (Å²) in [6.45, 7) is 4.28. The molecular formula is C20H25ClN2O4. The van der Waals surface area contributed by atoms with E-state index < -0.39 is 0 Å². The number of amides is 2. The minimum absolute atomic E-state index is 0.316.